The molecule has 1 saturated heterocycles. The molecule has 1 aromatic heterocycles. The van der Waals surface area contributed by atoms with Gasteiger partial charge in [0.2, 0.25) is 6.29 Å². The highest BCUT2D eigenvalue weighted by molar-refractivity contribution is 5.80. The highest BCUT2D eigenvalue weighted by Gasteiger charge is 2.22. The van der Waals surface area contributed by atoms with E-state index in [1.165, 1.54) is 5.39 Å². The SMILES string of the molecule is c1ccc2[nH]c(C3OCO3)cc2c1. The third kappa shape index (κ3) is 1.05. The number of fused-ring (bicyclic) bond motifs is 1. The Hall–Kier alpha value is -1.32. The minimum absolute atomic E-state index is 0.188. The van der Waals surface area contributed by atoms with Crippen molar-refractivity contribution in [1.29, 1.82) is 0 Å². The van der Waals surface area contributed by atoms with E-state index in [2.05, 4.69) is 17.1 Å². The first-order valence-corrected chi connectivity index (χ1v) is 4.24. The minimum atomic E-state index is -0.188. The molecule has 13 heavy (non-hydrogen) atoms. The van der Waals surface area contributed by atoms with Gasteiger partial charge in [0.1, 0.15) is 0 Å². The fourth-order valence-electron chi connectivity index (χ4n) is 1.54. The van der Waals surface area contributed by atoms with Crippen LogP contribution in [0.4, 0.5) is 0 Å². The molecule has 0 bridgehead atoms. The molecular formula is C10H9NO2. The maximum Gasteiger partial charge on any atom is 0.203 e. The highest BCUT2D eigenvalue weighted by Crippen LogP contribution is 2.28. The third-order valence-electron chi connectivity index (χ3n) is 2.24. The summed E-state index contributed by atoms with van der Waals surface area (Å²) in [5.41, 5.74) is 2.11. The summed E-state index contributed by atoms with van der Waals surface area (Å²) in [6.07, 6.45) is -0.188. The first-order valence-electron chi connectivity index (χ1n) is 4.24. The summed E-state index contributed by atoms with van der Waals surface area (Å²) in [4.78, 5) is 3.25. The number of ether oxygens (including phenoxy) is 2. The van der Waals surface area contributed by atoms with Gasteiger partial charge in [-0.3, -0.25) is 0 Å². The summed E-state index contributed by atoms with van der Waals surface area (Å²) in [6, 6.07) is 10.2. The topological polar surface area (TPSA) is 34.2 Å². The molecule has 0 amide bonds. The van der Waals surface area contributed by atoms with Gasteiger partial charge in [0.05, 0.1) is 5.69 Å². The van der Waals surface area contributed by atoms with Gasteiger partial charge in [-0.1, -0.05) is 18.2 Å². The molecule has 1 aliphatic rings. The van der Waals surface area contributed by atoms with Crippen LogP contribution in [0, 0.1) is 0 Å². The van der Waals surface area contributed by atoms with Gasteiger partial charge < -0.3 is 14.5 Å². The molecular weight excluding hydrogens is 166 g/mol. The van der Waals surface area contributed by atoms with Crippen molar-refractivity contribution in [3.05, 3.63) is 36.0 Å². The number of aromatic amines is 1. The van der Waals surface area contributed by atoms with Crippen LogP contribution in [0.5, 0.6) is 0 Å². The monoisotopic (exact) mass is 175 g/mol. The highest BCUT2D eigenvalue weighted by atomic mass is 16.8. The molecule has 66 valence electrons. The Balaban J connectivity index is 2.10. The molecule has 0 aliphatic carbocycles. The van der Waals surface area contributed by atoms with E-state index in [1.807, 2.05) is 18.2 Å². The lowest BCUT2D eigenvalue weighted by Gasteiger charge is -2.25. The van der Waals surface area contributed by atoms with Crippen molar-refractivity contribution in [3.63, 3.8) is 0 Å². The summed E-state index contributed by atoms with van der Waals surface area (Å²) in [5, 5.41) is 1.19. The zero-order chi connectivity index (χ0) is 8.67. The van der Waals surface area contributed by atoms with Crippen LogP contribution in [0.2, 0.25) is 0 Å². The molecule has 0 saturated carbocycles. The summed E-state index contributed by atoms with van der Waals surface area (Å²) >= 11 is 0. The number of hydrogen-bond acceptors (Lipinski definition) is 2. The predicted octanol–water partition coefficient (Wildman–Crippen LogP) is 2.17. The summed E-state index contributed by atoms with van der Waals surface area (Å²) in [7, 11) is 0. The Morgan fingerprint density at radius 3 is 2.77 bits per heavy atom. The van der Waals surface area contributed by atoms with Crippen LogP contribution in [0.3, 0.4) is 0 Å². The largest absolute Gasteiger partial charge is 0.354 e. The van der Waals surface area contributed by atoms with Gasteiger partial charge in [-0.15, -0.1) is 0 Å². The first-order chi connectivity index (χ1) is 6.43. The van der Waals surface area contributed by atoms with Crippen LogP contribution in [0.15, 0.2) is 30.3 Å². The van der Waals surface area contributed by atoms with Gasteiger partial charge in [-0.05, 0) is 17.5 Å². The molecule has 0 unspecified atom stereocenters. The molecule has 1 N–H and O–H groups in total. The van der Waals surface area contributed by atoms with Crippen LogP contribution in [0.1, 0.15) is 12.0 Å². The predicted molar refractivity (Wildman–Crippen MR) is 48.1 cm³/mol. The quantitative estimate of drug-likeness (QED) is 0.720. The maximum absolute atomic E-state index is 5.19. The lowest BCUT2D eigenvalue weighted by Crippen LogP contribution is -2.22. The van der Waals surface area contributed by atoms with Gasteiger partial charge in [0.25, 0.3) is 0 Å². The second kappa shape index (κ2) is 2.58. The summed E-state index contributed by atoms with van der Waals surface area (Å²) in [6.45, 7) is 0.403. The maximum atomic E-state index is 5.19. The van der Waals surface area contributed by atoms with E-state index in [4.69, 9.17) is 9.47 Å². The Kier molecular flexibility index (Phi) is 1.41. The lowest BCUT2D eigenvalue weighted by atomic mass is 10.2. The van der Waals surface area contributed by atoms with Crippen molar-refractivity contribution in [2.75, 3.05) is 6.79 Å². The standard InChI is InChI=1S/C10H9NO2/c1-2-4-8-7(3-1)5-9(11-8)10-12-6-13-10/h1-5,10-11H,6H2. The first kappa shape index (κ1) is 7.12. The number of rotatable bonds is 1. The Morgan fingerprint density at radius 1 is 1.23 bits per heavy atom. The molecule has 0 spiro atoms. The second-order valence-corrected chi connectivity index (χ2v) is 3.10. The molecule has 2 aromatic rings. The number of nitrogens with one attached hydrogen (secondary N) is 1. The Morgan fingerprint density at radius 2 is 2.08 bits per heavy atom. The van der Waals surface area contributed by atoms with Crippen molar-refractivity contribution in [2.45, 2.75) is 6.29 Å². The molecule has 0 radical (unpaired) electrons. The van der Waals surface area contributed by atoms with Gasteiger partial charge >= 0.3 is 0 Å². The second-order valence-electron chi connectivity index (χ2n) is 3.10. The summed E-state index contributed by atoms with van der Waals surface area (Å²) < 4.78 is 10.4. The Bertz CT molecular complexity index is 398. The lowest BCUT2D eigenvalue weighted by molar-refractivity contribution is -0.328. The fourth-order valence-corrected chi connectivity index (χ4v) is 1.54. The smallest absolute Gasteiger partial charge is 0.203 e. The van der Waals surface area contributed by atoms with Crippen LogP contribution in [0.25, 0.3) is 10.9 Å². The number of benzene rings is 1. The van der Waals surface area contributed by atoms with E-state index < -0.39 is 0 Å². The molecule has 3 nitrogen and oxygen atoms in total. The van der Waals surface area contributed by atoms with E-state index in [0.29, 0.717) is 6.79 Å². The molecule has 1 fully saturated rings. The number of para-hydroxylation sites is 1. The minimum Gasteiger partial charge on any atom is -0.354 e. The molecule has 3 heteroatoms. The normalized spacial score (nSPS) is 17.5. The number of H-pyrrole nitrogens is 1. The van der Waals surface area contributed by atoms with E-state index in [0.717, 1.165) is 11.2 Å². The molecule has 0 atom stereocenters. The number of aromatic nitrogens is 1. The zero-order valence-corrected chi connectivity index (χ0v) is 6.99. The third-order valence-corrected chi connectivity index (χ3v) is 2.24. The van der Waals surface area contributed by atoms with E-state index in [-0.39, 0.29) is 6.29 Å². The van der Waals surface area contributed by atoms with Crippen LogP contribution in [-0.2, 0) is 9.47 Å². The van der Waals surface area contributed by atoms with E-state index in [1.54, 1.807) is 0 Å². The van der Waals surface area contributed by atoms with Gasteiger partial charge in [0, 0.05) is 5.52 Å². The van der Waals surface area contributed by atoms with Crippen molar-refractivity contribution in [2.24, 2.45) is 0 Å². The van der Waals surface area contributed by atoms with E-state index >= 15 is 0 Å². The number of hydrogen-bond donors (Lipinski definition) is 1. The van der Waals surface area contributed by atoms with Crippen molar-refractivity contribution < 1.29 is 9.47 Å². The zero-order valence-electron chi connectivity index (χ0n) is 6.99. The van der Waals surface area contributed by atoms with Gasteiger partial charge in [0.15, 0.2) is 6.79 Å². The molecule has 1 aliphatic heterocycles. The van der Waals surface area contributed by atoms with Crippen molar-refractivity contribution in [1.82, 2.24) is 4.98 Å². The van der Waals surface area contributed by atoms with Crippen LogP contribution in [-0.4, -0.2) is 11.8 Å². The van der Waals surface area contributed by atoms with E-state index in [9.17, 15) is 0 Å². The molecule has 3 rings (SSSR count). The van der Waals surface area contributed by atoms with Crippen LogP contribution >= 0.6 is 0 Å². The average molecular weight is 175 g/mol. The van der Waals surface area contributed by atoms with Crippen molar-refractivity contribution >= 4 is 10.9 Å². The van der Waals surface area contributed by atoms with Crippen LogP contribution < -0.4 is 0 Å². The Labute approximate surface area is 75.3 Å². The summed E-state index contributed by atoms with van der Waals surface area (Å²) in [5.74, 6) is 0. The molecule has 1 aromatic carbocycles. The fraction of sp³-hybridized carbons (Fsp3) is 0.200. The van der Waals surface area contributed by atoms with Crippen molar-refractivity contribution in [3.8, 4) is 0 Å². The van der Waals surface area contributed by atoms with Gasteiger partial charge in [-0.2, -0.15) is 0 Å². The average Bonchev–Trinajstić information content (AvgIpc) is 2.43. The molecule has 2 heterocycles. The van der Waals surface area contributed by atoms with Gasteiger partial charge in [-0.25, -0.2) is 0 Å².